The molecular formula is C24H32FN5O. The van der Waals surface area contributed by atoms with Crippen LogP contribution in [0.1, 0.15) is 17.5 Å². The molecule has 0 amide bonds. The highest BCUT2D eigenvalue weighted by Crippen LogP contribution is 2.19. The molecule has 0 unspecified atom stereocenters. The summed E-state index contributed by atoms with van der Waals surface area (Å²) >= 11 is 0. The van der Waals surface area contributed by atoms with Crippen LogP contribution in [-0.4, -0.2) is 56.7 Å². The molecule has 0 aliphatic heterocycles. The first-order valence-corrected chi connectivity index (χ1v) is 10.6. The third-order valence-corrected chi connectivity index (χ3v) is 5.04. The summed E-state index contributed by atoms with van der Waals surface area (Å²) in [6, 6.07) is 13.0. The number of halogens is 1. The first-order valence-electron chi connectivity index (χ1n) is 10.6. The maximum absolute atomic E-state index is 13.3. The lowest BCUT2D eigenvalue weighted by molar-refractivity contribution is 0.281. The number of hydrogen-bond acceptors (Lipinski definition) is 3. The molecular weight excluding hydrogens is 393 g/mol. The van der Waals surface area contributed by atoms with Crippen molar-refractivity contribution in [3.05, 3.63) is 65.6 Å². The normalized spacial score (nSPS) is 11.8. The van der Waals surface area contributed by atoms with Gasteiger partial charge >= 0.3 is 0 Å². The maximum Gasteiger partial charge on any atom is 0.191 e. The van der Waals surface area contributed by atoms with Gasteiger partial charge in [-0.1, -0.05) is 12.1 Å². The highest BCUT2D eigenvalue weighted by atomic mass is 19.1. The van der Waals surface area contributed by atoms with Gasteiger partial charge in [0.1, 0.15) is 11.6 Å². The number of H-pyrrole nitrogens is 1. The van der Waals surface area contributed by atoms with Crippen molar-refractivity contribution in [1.29, 1.82) is 0 Å². The molecule has 6 nitrogen and oxygen atoms in total. The Morgan fingerprint density at radius 2 is 1.94 bits per heavy atom. The van der Waals surface area contributed by atoms with Gasteiger partial charge in [0.25, 0.3) is 0 Å². The first-order chi connectivity index (χ1) is 15.0. The fraction of sp³-hybridized carbons (Fsp3) is 0.375. The van der Waals surface area contributed by atoms with Crippen LogP contribution in [0.2, 0.25) is 0 Å². The Labute approximate surface area is 183 Å². The maximum atomic E-state index is 13.3. The molecule has 0 saturated carbocycles. The van der Waals surface area contributed by atoms with E-state index in [1.54, 1.807) is 7.05 Å². The number of ether oxygens (including phenoxy) is 1. The van der Waals surface area contributed by atoms with Crippen molar-refractivity contribution in [2.45, 2.75) is 19.4 Å². The lowest BCUT2D eigenvalue weighted by atomic mass is 10.1. The van der Waals surface area contributed by atoms with E-state index in [0.717, 1.165) is 66.3 Å². The SMILES string of the molecule is CN=C(NCCc1c[nH]c2cc(F)ccc12)NCc1ccc(OCCCN(C)C)cc1. The summed E-state index contributed by atoms with van der Waals surface area (Å²) < 4.78 is 19.1. The van der Waals surface area contributed by atoms with Gasteiger partial charge in [-0.15, -0.1) is 0 Å². The number of guanidine groups is 1. The predicted molar refractivity (Wildman–Crippen MR) is 125 cm³/mol. The number of hydrogen-bond donors (Lipinski definition) is 3. The summed E-state index contributed by atoms with van der Waals surface area (Å²) in [5.74, 6) is 1.41. The largest absolute Gasteiger partial charge is 0.494 e. The van der Waals surface area contributed by atoms with Crippen molar-refractivity contribution in [2.24, 2.45) is 4.99 Å². The standard InChI is InChI=1S/C24H32FN5O/c1-26-24(27-12-11-19-17-28-23-15-20(25)7-10-22(19)23)29-16-18-5-8-21(9-6-18)31-14-4-13-30(2)3/h5-10,15,17,28H,4,11-14,16H2,1-3H3,(H2,26,27,29). The highest BCUT2D eigenvalue weighted by Gasteiger charge is 2.05. The molecule has 0 radical (unpaired) electrons. The zero-order valence-corrected chi connectivity index (χ0v) is 18.5. The van der Waals surface area contributed by atoms with Gasteiger partial charge in [-0.2, -0.15) is 0 Å². The van der Waals surface area contributed by atoms with Gasteiger partial charge in [-0.25, -0.2) is 4.39 Å². The molecule has 2 aromatic carbocycles. The molecule has 166 valence electrons. The van der Waals surface area contributed by atoms with Crippen LogP contribution in [0.5, 0.6) is 5.75 Å². The monoisotopic (exact) mass is 425 g/mol. The minimum Gasteiger partial charge on any atom is -0.494 e. The second-order valence-electron chi connectivity index (χ2n) is 7.76. The molecule has 1 heterocycles. The van der Waals surface area contributed by atoms with E-state index in [1.807, 2.05) is 24.4 Å². The average Bonchev–Trinajstić information content (AvgIpc) is 3.16. The molecule has 0 bridgehead atoms. The van der Waals surface area contributed by atoms with Crippen LogP contribution in [-0.2, 0) is 13.0 Å². The fourth-order valence-corrected chi connectivity index (χ4v) is 3.36. The zero-order valence-electron chi connectivity index (χ0n) is 18.5. The van der Waals surface area contributed by atoms with Crippen LogP contribution in [0.25, 0.3) is 10.9 Å². The van der Waals surface area contributed by atoms with Crippen LogP contribution in [0, 0.1) is 5.82 Å². The van der Waals surface area contributed by atoms with E-state index >= 15 is 0 Å². The van der Waals surface area contributed by atoms with E-state index in [2.05, 4.69) is 51.7 Å². The number of aromatic nitrogens is 1. The Morgan fingerprint density at radius 3 is 2.68 bits per heavy atom. The summed E-state index contributed by atoms with van der Waals surface area (Å²) in [4.78, 5) is 9.57. The van der Waals surface area contributed by atoms with Gasteiger partial charge in [0.15, 0.2) is 5.96 Å². The van der Waals surface area contributed by atoms with Crippen molar-refractivity contribution in [2.75, 3.05) is 40.8 Å². The van der Waals surface area contributed by atoms with Crippen LogP contribution >= 0.6 is 0 Å². The van der Waals surface area contributed by atoms with Crippen molar-refractivity contribution >= 4 is 16.9 Å². The molecule has 0 fully saturated rings. The molecule has 3 aromatic rings. The third kappa shape index (κ3) is 7.00. The summed E-state index contributed by atoms with van der Waals surface area (Å²) in [5, 5.41) is 7.71. The lowest BCUT2D eigenvalue weighted by Gasteiger charge is -2.13. The van der Waals surface area contributed by atoms with E-state index in [0.29, 0.717) is 6.54 Å². The van der Waals surface area contributed by atoms with Gasteiger partial charge < -0.3 is 25.3 Å². The van der Waals surface area contributed by atoms with Crippen LogP contribution in [0.3, 0.4) is 0 Å². The van der Waals surface area contributed by atoms with E-state index in [4.69, 9.17) is 4.74 Å². The number of nitrogens with one attached hydrogen (secondary N) is 3. The minimum atomic E-state index is -0.229. The number of aromatic amines is 1. The molecule has 7 heteroatoms. The molecule has 0 aliphatic carbocycles. The summed E-state index contributed by atoms with van der Waals surface area (Å²) in [5.41, 5.74) is 3.13. The smallest absolute Gasteiger partial charge is 0.191 e. The van der Waals surface area contributed by atoms with Crippen molar-refractivity contribution in [3.63, 3.8) is 0 Å². The number of nitrogens with zero attached hydrogens (tertiary/aromatic N) is 2. The van der Waals surface area contributed by atoms with Gasteiger partial charge in [-0.3, -0.25) is 4.99 Å². The summed E-state index contributed by atoms with van der Waals surface area (Å²) in [7, 11) is 5.89. The Hall–Kier alpha value is -3.06. The Kier molecular flexibility index (Phi) is 8.29. The number of rotatable bonds is 10. The Bertz CT molecular complexity index is 981. The molecule has 0 atom stereocenters. The highest BCUT2D eigenvalue weighted by molar-refractivity contribution is 5.83. The van der Waals surface area contributed by atoms with Crippen molar-refractivity contribution in [3.8, 4) is 5.75 Å². The summed E-state index contributed by atoms with van der Waals surface area (Å²) in [6.45, 7) is 3.14. The zero-order chi connectivity index (χ0) is 22.1. The van der Waals surface area contributed by atoms with Gasteiger partial charge in [0.2, 0.25) is 0 Å². The fourth-order valence-electron chi connectivity index (χ4n) is 3.36. The van der Waals surface area contributed by atoms with E-state index < -0.39 is 0 Å². The van der Waals surface area contributed by atoms with Crippen LogP contribution in [0.15, 0.2) is 53.7 Å². The Morgan fingerprint density at radius 1 is 1.13 bits per heavy atom. The van der Waals surface area contributed by atoms with Gasteiger partial charge in [-0.05, 0) is 68.4 Å². The third-order valence-electron chi connectivity index (χ3n) is 5.04. The Balaban J connectivity index is 1.40. The van der Waals surface area contributed by atoms with Gasteiger partial charge in [0.05, 0.1) is 6.61 Å². The van der Waals surface area contributed by atoms with E-state index in [1.165, 1.54) is 12.1 Å². The summed E-state index contributed by atoms with van der Waals surface area (Å²) in [6.07, 6.45) is 3.76. The predicted octanol–water partition coefficient (Wildman–Crippen LogP) is 3.55. The average molecular weight is 426 g/mol. The molecule has 31 heavy (non-hydrogen) atoms. The van der Waals surface area contributed by atoms with E-state index in [9.17, 15) is 4.39 Å². The topological polar surface area (TPSA) is 64.7 Å². The number of aliphatic imine (C=N–C) groups is 1. The minimum absolute atomic E-state index is 0.229. The molecule has 0 saturated heterocycles. The quantitative estimate of drug-likeness (QED) is 0.264. The van der Waals surface area contributed by atoms with E-state index in [-0.39, 0.29) is 5.82 Å². The van der Waals surface area contributed by atoms with Gasteiger partial charge in [0, 0.05) is 43.8 Å². The first kappa shape index (κ1) is 22.6. The molecule has 0 spiro atoms. The van der Waals surface area contributed by atoms with Crippen molar-refractivity contribution < 1.29 is 9.13 Å². The number of benzene rings is 2. The van der Waals surface area contributed by atoms with Crippen LogP contribution < -0.4 is 15.4 Å². The second kappa shape index (κ2) is 11.4. The molecule has 1 aromatic heterocycles. The number of fused-ring (bicyclic) bond motifs is 1. The van der Waals surface area contributed by atoms with Crippen LogP contribution in [0.4, 0.5) is 4.39 Å². The van der Waals surface area contributed by atoms with Crippen molar-refractivity contribution in [1.82, 2.24) is 20.5 Å². The molecule has 3 N–H and O–H groups in total. The lowest BCUT2D eigenvalue weighted by Crippen LogP contribution is -2.37. The molecule has 0 aliphatic rings. The second-order valence-corrected chi connectivity index (χ2v) is 7.76. The molecule has 3 rings (SSSR count).